The van der Waals surface area contributed by atoms with Gasteiger partial charge in [-0.2, -0.15) is 4.98 Å². The predicted octanol–water partition coefficient (Wildman–Crippen LogP) is 2.55. The molecule has 5 nitrogen and oxygen atoms in total. The topological polar surface area (TPSA) is 60.2 Å². The lowest BCUT2D eigenvalue weighted by molar-refractivity contribution is -0.0178. The Morgan fingerprint density at radius 3 is 2.79 bits per heavy atom. The highest BCUT2D eigenvalue weighted by atomic mass is 16.5. The number of nitrogens with one attached hydrogen (secondary N) is 1. The van der Waals surface area contributed by atoms with E-state index >= 15 is 0 Å². The van der Waals surface area contributed by atoms with Crippen molar-refractivity contribution >= 4 is 0 Å². The SMILES string of the molecule is COC1(c2noc(C3NCCCC3C)n2)CCCC1. The number of aromatic nitrogens is 2. The van der Waals surface area contributed by atoms with Crippen molar-refractivity contribution in [1.29, 1.82) is 0 Å². The van der Waals surface area contributed by atoms with Crippen molar-refractivity contribution in [3.05, 3.63) is 11.7 Å². The van der Waals surface area contributed by atoms with Gasteiger partial charge in [-0.1, -0.05) is 12.1 Å². The number of hydrogen-bond donors (Lipinski definition) is 1. The zero-order valence-electron chi connectivity index (χ0n) is 11.8. The van der Waals surface area contributed by atoms with E-state index in [1.165, 1.54) is 25.7 Å². The highest BCUT2D eigenvalue weighted by Gasteiger charge is 2.41. The van der Waals surface area contributed by atoms with Crippen molar-refractivity contribution in [2.45, 2.75) is 57.1 Å². The van der Waals surface area contributed by atoms with Crippen LogP contribution in [0.5, 0.6) is 0 Å². The molecule has 0 radical (unpaired) electrons. The quantitative estimate of drug-likeness (QED) is 0.910. The van der Waals surface area contributed by atoms with Gasteiger partial charge in [-0.05, 0) is 51.0 Å². The van der Waals surface area contributed by atoms with Gasteiger partial charge in [0.05, 0.1) is 6.04 Å². The molecule has 2 unspecified atom stereocenters. The van der Waals surface area contributed by atoms with Crippen molar-refractivity contribution in [2.24, 2.45) is 5.92 Å². The number of methoxy groups -OCH3 is 1. The minimum atomic E-state index is -0.306. The van der Waals surface area contributed by atoms with Gasteiger partial charge in [0.2, 0.25) is 11.7 Å². The summed E-state index contributed by atoms with van der Waals surface area (Å²) in [6, 6.07) is 0.199. The third kappa shape index (κ3) is 2.30. The highest BCUT2D eigenvalue weighted by Crippen LogP contribution is 2.40. The van der Waals surface area contributed by atoms with Gasteiger partial charge in [-0.25, -0.2) is 0 Å². The second kappa shape index (κ2) is 5.21. The smallest absolute Gasteiger partial charge is 0.244 e. The fraction of sp³-hybridized carbons (Fsp3) is 0.857. The van der Waals surface area contributed by atoms with Crippen LogP contribution in [0.3, 0.4) is 0 Å². The van der Waals surface area contributed by atoms with E-state index in [0.29, 0.717) is 5.92 Å². The maximum atomic E-state index is 5.71. The lowest BCUT2D eigenvalue weighted by atomic mass is 9.92. The third-order valence-electron chi connectivity index (χ3n) is 4.69. The molecule has 3 rings (SSSR count). The van der Waals surface area contributed by atoms with Crippen molar-refractivity contribution in [3.8, 4) is 0 Å². The van der Waals surface area contributed by atoms with Crippen molar-refractivity contribution < 1.29 is 9.26 Å². The van der Waals surface area contributed by atoms with E-state index in [1.54, 1.807) is 7.11 Å². The van der Waals surface area contributed by atoms with Gasteiger partial charge in [-0.15, -0.1) is 0 Å². The van der Waals surface area contributed by atoms with E-state index in [4.69, 9.17) is 9.26 Å². The molecule has 0 amide bonds. The van der Waals surface area contributed by atoms with Crippen LogP contribution in [-0.2, 0) is 10.3 Å². The molecule has 1 saturated heterocycles. The first-order chi connectivity index (χ1) is 9.25. The van der Waals surface area contributed by atoms with Crippen molar-refractivity contribution in [1.82, 2.24) is 15.5 Å². The first kappa shape index (κ1) is 13.1. The van der Waals surface area contributed by atoms with Crippen LogP contribution in [0.2, 0.25) is 0 Å². The summed E-state index contributed by atoms with van der Waals surface area (Å²) in [7, 11) is 1.75. The van der Waals surface area contributed by atoms with E-state index in [0.717, 1.165) is 31.1 Å². The lowest BCUT2D eigenvalue weighted by Crippen LogP contribution is -2.33. The van der Waals surface area contributed by atoms with Gasteiger partial charge in [0.15, 0.2) is 0 Å². The van der Waals surface area contributed by atoms with Gasteiger partial charge < -0.3 is 14.6 Å². The molecule has 0 bridgehead atoms. The largest absolute Gasteiger partial charge is 0.370 e. The van der Waals surface area contributed by atoms with E-state index in [1.807, 2.05) is 0 Å². The first-order valence-corrected chi connectivity index (χ1v) is 7.38. The van der Waals surface area contributed by atoms with Gasteiger partial charge in [0.25, 0.3) is 0 Å². The molecule has 19 heavy (non-hydrogen) atoms. The molecule has 5 heteroatoms. The molecule has 1 saturated carbocycles. The molecular weight excluding hydrogens is 242 g/mol. The maximum Gasteiger partial charge on any atom is 0.244 e. The fourth-order valence-corrected chi connectivity index (χ4v) is 3.39. The molecule has 106 valence electrons. The standard InChI is InChI=1S/C14H23N3O2/c1-10-6-5-9-15-11(10)12-16-13(17-19-12)14(18-2)7-3-4-8-14/h10-11,15H,3-9H2,1-2H3. The number of rotatable bonds is 3. The van der Waals surface area contributed by atoms with Crippen LogP contribution in [-0.4, -0.2) is 23.8 Å². The summed E-state index contributed by atoms with van der Waals surface area (Å²) in [4.78, 5) is 4.64. The Morgan fingerprint density at radius 2 is 2.11 bits per heavy atom. The van der Waals surface area contributed by atoms with Crippen LogP contribution in [0.4, 0.5) is 0 Å². The fourth-order valence-electron chi connectivity index (χ4n) is 3.39. The molecule has 2 fully saturated rings. The van der Waals surface area contributed by atoms with Crippen molar-refractivity contribution in [2.75, 3.05) is 13.7 Å². The Labute approximate surface area is 114 Å². The molecule has 1 N–H and O–H groups in total. The average Bonchev–Trinajstić information content (AvgIpc) is 3.09. The second-order valence-electron chi connectivity index (χ2n) is 5.91. The number of nitrogens with zero attached hydrogens (tertiary/aromatic N) is 2. The molecule has 2 aliphatic rings. The highest BCUT2D eigenvalue weighted by molar-refractivity contribution is 5.06. The van der Waals surface area contributed by atoms with Gasteiger partial charge in [0.1, 0.15) is 5.60 Å². The Bertz CT molecular complexity index is 426. The van der Waals surface area contributed by atoms with Crippen LogP contribution < -0.4 is 5.32 Å². The minimum absolute atomic E-state index is 0.199. The molecular formula is C14H23N3O2. The summed E-state index contributed by atoms with van der Waals surface area (Å²) >= 11 is 0. The first-order valence-electron chi connectivity index (χ1n) is 7.38. The predicted molar refractivity (Wildman–Crippen MR) is 70.6 cm³/mol. The number of hydrogen-bond acceptors (Lipinski definition) is 5. The van der Waals surface area contributed by atoms with E-state index in [-0.39, 0.29) is 11.6 Å². The summed E-state index contributed by atoms with van der Waals surface area (Å²) in [5.41, 5.74) is -0.306. The van der Waals surface area contributed by atoms with Gasteiger partial charge in [-0.3, -0.25) is 0 Å². The van der Waals surface area contributed by atoms with E-state index < -0.39 is 0 Å². The minimum Gasteiger partial charge on any atom is -0.370 e. The normalized spacial score (nSPS) is 30.6. The molecule has 1 aliphatic heterocycles. The Morgan fingerprint density at radius 1 is 1.32 bits per heavy atom. The van der Waals surface area contributed by atoms with Crippen molar-refractivity contribution in [3.63, 3.8) is 0 Å². The van der Waals surface area contributed by atoms with Gasteiger partial charge in [0, 0.05) is 7.11 Å². The second-order valence-corrected chi connectivity index (χ2v) is 5.91. The van der Waals surface area contributed by atoms with Crippen LogP contribution in [0.25, 0.3) is 0 Å². The Hall–Kier alpha value is -0.940. The number of piperidine rings is 1. The zero-order chi connectivity index (χ0) is 13.3. The zero-order valence-corrected chi connectivity index (χ0v) is 11.8. The Kier molecular flexibility index (Phi) is 3.58. The van der Waals surface area contributed by atoms with Crippen LogP contribution in [0.15, 0.2) is 4.52 Å². The summed E-state index contributed by atoms with van der Waals surface area (Å²) in [6.45, 7) is 3.27. The molecule has 2 atom stereocenters. The molecule has 0 aromatic carbocycles. The van der Waals surface area contributed by atoms with Crippen LogP contribution in [0.1, 0.15) is 63.2 Å². The van der Waals surface area contributed by atoms with Gasteiger partial charge >= 0.3 is 0 Å². The summed E-state index contributed by atoms with van der Waals surface area (Å²) in [5, 5.41) is 7.68. The molecule has 1 aromatic rings. The molecule has 2 heterocycles. The molecule has 0 spiro atoms. The summed E-state index contributed by atoms with van der Waals surface area (Å²) in [5.74, 6) is 2.01. The monoisotopic (exact) mass is 265 g/mol. The lowest BCUT2D eigenvalue weighted by Gasteiger charge is -2.27. The van der Waals surface area contributed by atoms with Crippen LogP contribution in [0, 0.1) is 5.92 Å². The Balaban J connectivity index is 1.82. The maximum absolute atomic E-state index is 5.71. The summed E-state index contributed by atoms with van der Waals surface area (Å²) in [6.07, 6.45) is 6.78. The number of ether oxygens (including phenoxy) is 1. The molecule has 1 aliphatic carbocycles. The summed E-state index contributed by atoms with van der Waals surface area (Å²) < 4.78 is 11.2. The van der Waals surface area contributed by atoms with Crippen LogP contribution >= 0.6 is 0 Å². The van der Waals surface area contributed by atoms with E-state index in [2.05, 4.69) is 22.4 Å². The molecule has 1 aromatic heterocycles. The third-order valence-corrected chi connectivity index (χ3v) is 4.69. The van der Waals surface area contributed by atoms with E-state index in [9.17, 15) is 0 Å². The average molecular weight is 265 g/mol.